The minimum atomic E-state index is -0.0682. The number of nitrogens with one attached hydrogen (secondary N) is 1. The summed E-state index contributed by atoms with van der Waals surface area (Å²) in [5, 5.41) is 7.51. The first-order chi connectivity index (χ1) is 13.2. The molecule has 1 N–H and O–H groups in total. The second kappa shape index (κ2) is 9.66. The van der Waals surface area contributed by atoms with Crippen LogP contribution in [0.15, 0.2) is 12.3 Å². The van der Waals surface area contributed by atoms with Crippen LogP contribution in [-0.2, 0) is 21.3 Å². The van der Waals surface area contributed by atoms with Crippen LogP contribution in [0.3, 0.4) is 0 Å². The van der Waals surface area contributed by atoms with Gasteiger partial charge in [-0.25, -0.2) is 0 Å². The summed E-state index contributed by atoms with van der Waals surface area (Å²) in [6, 6.07) is 1.94. The molecule has 0 saturated carbocycles. The van der Waals surface area contributed by atoms with Crippen LogP contribution in [0, 0.1) is 11.8 Å². The van der Waals surface area contributed by atoms with E-state index in [9.17, 15) is 4.79 Å². The molecule has 2 fully saturated rings. The number of aryl methyl sites for hydroxylation is 1. The summed E-state index contributed by atoms with van der Waals surface area (Å²) >= 11 is 0. The fraction of sp³-hybridized carbons (Fsp3) is 0.800. The Bertz CT molecular complexity index is 596. The van der Waals surface area contributed by atoms with Crippen LogP contribution in [-0.4, -0.2) is 66.1 Å². The number of carbonyl (C=O) groups is 1. The quantitative estimate of drug-likeness (QED) is 0.746. The standard InChI is InChI=1S/C20H34N4O3/c1-4-15(5-2)18(24-9-12-26-13-10-24)20(25)21-14-16-7-11-27-19(16)17-6-8-22-23(17)3/h6,8,15-16,18-19H,4-5,7,9-14H2,1-3H3,(H,21,25)/t16-,18?,19+/m0/s1. The van der Waals surface area contributed by atoms with Gasteiger partial charge in [0.25, 0.3) is 0 Å². The van der Waals surface area contributed by atoms with Gasteiger partial charge in [0, 0.05) is 45.4 Å². The SMILES string of the molecule is CCC(CC)C(C(=O)NC[C@@H]1CCO[C@H]1c1ccnn1C)N1CCOCC1. The Balaban J connectivity index is 1.63. The monoisotopic (exact) mass is 378 g/mol. The number of hydrogen-bond acceptors (Lipinski definition) is 5. The number of rotatable bonds is 8. The number of morpholine rings is 1. The second-order valence-corrected chi connectivity index (χ2v) is 7.63. The molecule has 2 aliphatic heterocycles. The van der Waals surface area contributed by atoms with Crippen molar-refractivity contribution >= 4 is 5.91 Å². The Kier molecular flexibility index (Phi) is 7.26. The Morgan fingerprint density at radius 2 is 2.04 bits per heavy atom. The zero-order chi connectivity index (χ0) is 19.2. The highest BCUT2D eigenvalue weighted by atomic mass is 16.5. The molecule has 2 aliphatic rings. The maximum absolute atomic E-state index is 13.2. The van der Waals surface area contributed by atoms with Crippen molar-refractivity contribution in [2.45, 2.75) is 45.3 Å². The fourth-order valence-electron chi connectivity index (χ4n) is 4.44. The number of hydrogen-bond donors (Lipinski definition) is 1. The van der Waals surface area contributed by atoms with Gasteiger partial charge < -0.3 is 14.8 Å². The third kappa shape index (κ3) is 4.70. The Morgan fingerprint density at radius 3 is 2.67 bits per heavy atom. The Labute approximate surface area is 162 Å². The first kappa shape index (κ1) is 20.3. The molecule has 0 bridgehead atoms. The fourth-order valence-corrected chi connectivity index (χ4v) is 4.44. The topological polar surface area (TPSA) is 68.6 Å². The van der Waals surface area contributed by atoms with Crippen molar-refractivity contribution in [3.05, 3.63) is 18.0 Å². The molecule has 1 amide bonds. The number of ether oxygens (including phenoxy) is 2. The van der Waals surface area contributed by atoms with Crippen LogP contribution in [0.2, 0.25) is 0 Å². The van der Waals surface area contributed by atoms with Crippen LogP contribution in [0.4, 0.5) is 0 Å². The minimum absolute atomic E-state index is 0.00721. The maximum atomic E-state index is 13.2. The molecule has 1 aromatic heterocycles. The highest BCUT2D eigenvalue weighted by Gasteiger charge is 2.35. The van der Waals surface area contributed by atoms with E-state index >= 15 is 0 Å². The average molecular weight is 379 g/mol. The molecule has 0 radical (unpaired) electrons. The summed E-state index contributed by atoms with van der Waals surface area (Å²) in [6.07, 6.45) is 4.79. The molecule has 152 valence electrons. The van der Waals surface area contributed by atoms with Gasteiger partial charge in [-0.2, -0.15) is 5.10 Å². The van der Waals surface area contributed by atoms with Crippen molar-refractivity contribution < 1.29 is 14.3 Å². The lowest BCUT2D eigenvalue weighted by Gasteiger charge is -2.37. The molecule has 7 nitrogen and oxygen atoms in total. The van der Waals surface area contributed by atoms with Crippen molar-refractivity contribution in [2.24, 2.45) is 18.9 Å². The summed E-state index contributed by atoms with van der Waals surface area (Å²) in [5.41, 5.74) is 1.08. The van der Waals surface area contributed by atoms with E-state index in [0.717, 1.165) is 44.7 Å². The number of carbonyl (C=O) groups excluding carboxylic acids is 1. The summed E-state index contributed by atoms with van der Waals surface area (Å²) in [5.74, 6) is 0.813. The zero-order valence-corrected chi connectivity index (χ0v) is 16.9. The van der Waals surface area contributed by atoms with E-state index in [1.807, 2.05) is 17.8 Å². The van der Waals surface area contributed by atoms with Crippen LogP contribution in [0.5, 0.6) is 0 Å². The van der Waals surface area contributed by atoms with Gasteiger partial charge in [0.05, 0.1) is 24.9 Å². The minimum Gasteiger partial charge on any atom is -0.379 e. The van der Waals surface area contributed by atoms with Crippen molar-refractivity contribution in [1.82, 2.24) is 20.0 Å². The maximum Gasteiger partial charge on any atom is 0.237 e. The first-order valence-electron chi connectivity index (χ1n) is 10.3. The summed E-state index contributed by atoms with van der Waals surface area (Å²) in [6.45, 7) is 8.82. The van der Waals surface area contributed by atoms with E-state index in [0.29, 0.717) is 25.7 Å². The van der Waals surface area contributed by atoms with Crippen molar-refractivity contribution in [3.8, 4) is 0 Å². The van der Waals surface area contributed by atoms with Gasteiger partial charge in [-0.1, -0.05) is 26.7 Å². The molecule has 27 heavy (non-hydrogen) atoms. The molecule has 2 saturated heterocycles. The molecule has 1 unspecified atom stereocenters. The molecule has 3 atom stereocenters. The number of nitrogens with zero attached hydrogens (tertiary/aromatic N) is 3. The zero-order valence-electron chi connectivity index (χ0n) is 16.9. The van der Waals surface area contributed by atoms with Gasteiger partial charge in [-0.15, -0.1) is 0 Å². The third-order valence-corrected chi connectivity index (χ3v) is 6.11. The van der Waals surface area contributed by atoms with Crippen molar-refractivity contribution in [2.75, 3.05) is 39.5 Å². The highest BCUT2D eigenvalue weighted by molar-refractivity contribution is 5.82. The molecular weight excluding hydrogens is 344 g/mol. The smallest absolute Gasteiger partial charge is 0.237 e. The van der Waals surface area contributed by atoms with Crippen LogP contribution in [0.1, 0.15) is 44.9 Å². The highest BCUT2D eigenvalue weighted by Crippen LogP contribution is 2.33. The summed E-state index contributed by atoms with van der Waals surface area (Å²) < 4.78 is 13.3. The molecule has 3 heterocycles. The van der Waals surface area contributed by atoms with Gasteiger partial charge >= 0.3 is 0 Å². The Morgan fingerprint density at radius 1 is 1.30 bits per heavy atom. The molecular formula is C20H34N4O3. The van der Waals surface area contributed by atoms with E-state index in [1.54, 1.807) is 6.20 Å². The average Bonchev–Trinajstić information content (AvgIpc) is 3.32. The lowest BCUT2D eigenvalue weighted by molar-refractivity contribution is -0.131. The van der Waals surface area contributed by atoms with E-state index in [4.69, 9.17) is 9.47 Å². The van der Waals surface area contributed by atoms with Gasteiger partial charge in [-0.3, -0.25) is 14.4 Å². The molecule has 7 heteroatoms. The lowest BCUT2D eigenvalue weighted by atomic mass is 9.91. The third-order valence-electron chi connectivity index (χ3n) is 6.11. The van der Waals surface area contributed by atoms with Crippen LogP contribution in [0.25, 0.3) is 0 Å². The molecule has 1 aromatic rings. The van der Waals surface area contributed by atoms with Gasteiger partial charge in [0.15, 0.2) is 0 Å². The summed E-state index contributed by atoms with van der Waals surface area (Å²) in [7, 11) is 1.94. The van der Waals surface area contributed by atoms with Crippen LogP contribution < -0.4 is 5.32 Å². The second-order valence-electron chi connectivity index (χ2n) is 7.63. The number of amides is 1. The largest absolute Gasteiger partial charge is 0.379 e. The predicted molar refractivity (Wildman–Crippen MR) is 103 cm³/mol. The molecule has 0 aromatic carbocycles. The molecule has 0 aliphatic carbocycles. The molecule has 3 rings (SSSR count). The van der Waals surface area contributed by atoms with Gasteiger partial charge in [0.1, 0.15) is 6.10 Å². The van der Waals surface area contributed by atoms with E-state index < -0.39 is 0 Å². The Hall–Kier alpha value is -1.44. The van der Waals surface area contributed by atoms with Crippen molar-refractivity contribution in [1.29, 1.82) is 0 Å². The van der Waals surface area contributed by atoms with Crippen molar-refractivity contribution in [3.63, 3.8) is 0 Å². The number of aromatic nitrogens is 2. The molecule has 0 spiro atoms. The lowest BCUT2D eigenvalue weighted by Crippen LogP contribution is -2.55. The normalized spacial score (nSPS) is 25.0. The predicted octanol–water partition coefficient (Wildman–Crippen LogP) is 1.75. The van der Waals surface area contributed by atoms with Gasteiger partial charge in [0.2, 0.25) is 5.91 Å². The first-order valence-corrected chi connectivity index (χ1v) is 10.3. The summed E-state index contributed by atoms with van der Waals surface area (Å²) in [4.78, 5) is 15.5. The van der Waals surface area contributed by atoms with E-state index in [1.165, 1.54) is 0 Å². The van der Waals surface area contributed by atoms with E-state index in [-0.39, 0.29) is 24.0 Å². The van der Waals surface area contributed by atoms with E-state index in [2.05, 4.69) is 29.2 Å². The van der Waals surface area contributed by atoms with Crippen LogP contribution >= 0.6 is 0 Å². The van der Waals surface area contributed by atoms with Gasteiger partial charge in [-0.05, 0) is 18.4 Å².